The van der Waals surface area contributed by atoms with Crippen LogP contribution in [0.1, 0.15) is 22.3 Å². The van der Waals surface area contributed by atoms with E-state index in [0.29, 0.717) is 44.0 Å². The van der Waals surface area contributed by atoms with E-state index in [1.54, 1.807) is 29.0 Å². The fourth-order valence-electron chi connectivity index (χ4n) is 3.15. The maximum absolute atomic E-state index is 12.8. The second-order valence-corrected chi connectivity index (χ2v) is 6.51. The van der Waals surface area contributed by atoms with Gasteiger partial charge >= 0.3 is 6.03 Å². The van der Waals surface area contributed by atoms with Gasteiger partial charge in [0.25, 0.3) is 5.91 Å². The summed E-state index contributed by atoms with van der Waals surface area (Å²) in [6.07, 6.45) is 0.758. The number of rotatable bonds is 4. The molecule has 2 aromatic carbocycles. The molecule has 1 saturated heterocycles. The lowest BCUT2D eigenvalue weighted by molar-refractivity contribution is 0.0762. The van der Waals surface area contributed by atoms with Crippen molar-refractivity contribution in [3.8, 4) is 5.75 Å². The first-order valence-electron chi connectivity index (χ1n) is 9.17. The Labute approximate surface area is 159 Å². The van der Waals surface area contributed by atoms with Crippen LogP contribution in [0.4, 0.5) is 4.79 Å². The molecule has 0 aliphatic carbocycles. The summed E-state index contributed by atoms with van der Waals surface area (Å²) in [5.41, 5.74) is 1.67. The molecule has 0 atom stereocenters. The largest absolute Gasteiger partial charge is 0.497 e. The zero-order chi connectivity index (χ0) is 19.1. The van der Waals surface area contributed by atoms with Crippen LogP contribution in [-0.2, 0) is 6.54 Å². The number of urea groups is 1. The predicted octanol–water partition coefficient (Wildman–Crippen LogP) is 2.75. The van der Waals surface area contributed by atoms with Crippen molar-refractivity contribution >= 4 is 11.9 Å². The van der Waals surface area contributed by atoms with Gasteiger partial charge in [0, 0.05) is 38.3 Å². The molecule has 27 heavy (non-hydrogen) atoms. The van der Waals surface area contributed by atoms with Crippen LogP contribution in [-0.4, -0.2) is 55.0 Å². The summed E-state index contributed by atoms with van der Waals surface area (Å²) in [5, 5.41) is 2.95. The third-order valence-corrected chi connectivity index (χ3v) is 4.67. The summed E-state index contributed by atoms with van der Waals surface area (Å²) in [4.78, 5) is 28.8. The van der Waals surface area contributed by atoms with Crippen molar-refractivity contribution in [2.45, 2.75) is 13.0 Å². The molecule has 1 N–H and O–H groups in total. The molecule has 1 aliphatic heterocycles. The van der Waals surface area contributed by atoms with Crippen LogP contribution >= 0.6 is 0 Å². The monoisotopic (exact) mass is 367 g/mol. The van der Waals surface area contributed by atoms with E-state index >= 15 is 0 Å². The van der Waals surface area contributed by atoms with Crippen molar-refractivity contribution in [3.05, 3.63) is 65.7 Å². The standard InChI is InChI=1S/C21H25N3O3/c1-27-19-10-5-9-18(15-19)20(25)23-11-6-12-24(14-13-23)21(26)22-16-17-7-3-2-4-8-17/h2-5,7-10,15H,6,11-14,16H2,1H3,(H,22,26). The normalized spacial score (nSPS) is 14.4. The highest BCUT2D eigenvalue weighted by molar-refractivity contribution is 5.94. The van der Waals surface area contributed by atoms with Gasteiger partial charge in [-0.2, -0.15) is 0 Å². The molecule has 0 aromatic heterocycles. The van der Waals surface area contributed by atoms with Crippen LogP contribution in [0, 0.1) is 0 Å². The van der Waals surface area contributed by atoms with Gasteiger partial charge in [-0.15, -0.1) is 0 Å². The van der Waals surface area contributed by atoms with Crippen molar-refractivity contribution in [2.75, 3.05) is 33.3 Å². The molecule has 142 valence electrons. The number of nitrogens with zero attached hydrogens (tertiary/aromatic N) is 2. The minimum absolute atomic E-state index is 0.0274. The first-order chi connectivity index (χ1) is 13.2. The molecule has 3 rings (SSSR count). The quantitative estimate of drug-likeness (QED) is 0.904. The molecule has 0 saturated carbocycles. The number of carbonyl (C=O) groups is 2. The lowest BCUT2D eigenvalue weighted by Gasteiger charge is -2.22. The fraction of sp³-hybridized carbons (Fsp3) is 0.333. The van der Waals surface area contributed by atoms with Gasteiger partial charge in [-0.1, -0.05) is 36.4 Å². The van der Waals surface area contributed by atoms with Crippen molar-refractivity contribution in [1.29, 1.82) is 0 Å². The van der Waals surface area contributed by atoms with E-state index in [4.69, 9.17) is 4.74 Å². The van der Waals surface area contributed by atoms with Gasteiger partial charge in [-0.3, -0.25) is 4.79 Å². The first kappa shape index (κ1) is 18.8. The SMILES string of the molecule is COc1cccc(C(=O)N2CCCN(C(=O)NCc3ccccc3)CC2)c1. The van der Waals surface area contributed by atoms with Crippen LogP contribution in [0.2, 0.25) is 0 Å². The zero-order valence-corrected chi connectivity index (χ0v) is 15.6. The lowest BCUT2D eigenvalue weighted by atomic mass is 10.2. The third-order valence-electron chi connectivity index (χ3n) is 4.67. The summed E-state index contributed by atoms with van der Waals surface area (Å²) in [7, 11) is 1.58. The van der Waals surface area contributed by atoms with Crippen LogP contribution in [0.25, 0.3) is 0 Å². The van der Waals surface area contributed by atoms with Gasteiger partial charge in [0.1, 0.15) is 5.75 Å². The van der Waals surface area contributed by atoms with E-state index in [2.05, 4.69) is 5.32 Å². The smallest absolute Gasteiger partial charge is 0.317 e. The summed E-state index contributed by atoms with van der Waals surface area (Å²) in [6.45, 7) is 2.83. The summed E-state index contributed by atoms with van der Waals surface area (Å²) >= 11 is 0. The second kappa shape index (κ2) is 9.07. The lowest BCUT2D eigenvalue weighted by Crippen LogP contribution is -2.42. The average Bonchev–Trinajstić information content (AvgIpc) is 2.98. The second-order valence-electron chi connectivity index (χ2n) is 6.51. The van der Waals surface area contributed by atoms with Crippen LogP contribution < -0.4 is 10.1 Å². The molecule has 6 heteroatoms. The van der Waals surface area contributed by atoms with Gasteiger partial charge in [0.2, 0.25) is 0 Å². The Morgan fingerprint density at radius 2 is 1.70 bits per heavy atom. The predicted molar refractivity (Wildman–Crippen MR) is 104 cm³/mol. The molecule has 1 aliphatic rings. The van der Waals surface area contributed by atoms with Crippen LogP contribution in [0.3, 0.4) is 0 Å². The maximum atomic E-state index is 12.8. The molecular formula is C21H25N3O3. The minimum atomic E-state index is -0.0884. The summed E-state index contributed by atoms with van der Waals surface area (Å²) in [6, 6.07) is 16.9. The number of carbonyl (C=O) groups excluding carboxylic acids is 2. The number of benzene rings is 2. The number of hydrogen-bond donors (Lipinski definition) is 1. The van der Waals surface area contributed by atoms with Gasteiger partial charge in [0.05, 0.1) is 7.11 Å². The Bertz CT molecular complexity index is 779. The van der Waals surface area contributed by atoms with Crippen LogP contribution in [0.5, 0.6) is 5.75 Å². The van der Waals surface area contributed by atoms with Crippen LogP contribution in [0.15, 0.2) is 54.6 Å². The molecule has 2 aromatic rings. The number of amides is 3. The van der Waals surface area contributed by atoms with Gasteiger partial charge in [-0.25, -0.2) is 4.79 Å². The molecule has 1 heterocycles. The van der Waals surface area contributed by atoms with E-state index < -0.39 is 0 Å². The topological polar surface area (TPSA) is 61.9 Å². The van der Waals surface area contributed by atoms with Crippen molar-refractivity contribution in [3.63, 3.8) is 0 Å². The molecule has 1 fully saturated rings. The Balaban J connectivity index is 1.55. The molecule has 0 bridgehead atoms. The first-order valence-corrected chi connectivity index (χ1v) is 9.17. The van der Waals surface area contributed by atoms with Gasteiger partial charge < -0.3 is 19.9 Å². The highest BCUT2D eigenvalue weighted by Crippen LogP contribution is 2.15. The van der Waals surface area contributed by atoms with E-state index in [9.17, 15) is 9.59 Å². The minimum Gasteiger partial charge on any atom is -0.497 e. The van der Waals surface area contributed by atoms with Crippen molar-refractivity contribution < 1.29 is 14.3 Å². The van der Waals surface area contributed by atoms with E-state index in [1.165, 1.54) is 0 Å². The van der Waals surface area contributed by atoms with Gasteiger partial charge in [0.15, 0.2) is 0 Å². The van der Waals surface area contributed by atoms with E-state index in [1.807, 2.05) is 42.5 Å². The molecule has 0 unspecified atom stereocenters. The zero-order valence-electron chi connectivity index (χ0n) is 15.6. The highest BCUT2D eigenvalue weighted by atomic mass is 16.5. The Morgan fingerprint density at radius 1 is 0.963 bits per heavy atom. The number of nitrogens with one attached hydrogen (secondary N) is 1. The molecule has 0 spiro atoms. The fourth-order valence-corrected chi connectivity index (χ4v) is 3.15. The molecule has 6 nitrogen and oxygen atoms in total. The summed E-state index contributed by atoms with van der Waals surface area (Å²) < 4.78 is 5.20. The van der Waals surface area contributed by atoms with Crippen molar-refractivity contribution in [2.24, 2.45) is 0 Å². The van der Waals surface area contributed by atoms with Crippen molar-refractivity contribution in [1.82, 2.24) is 15.1 Å². The Kier molecular flexibility index (Phi) is 6.30. The third kappa shape index (κ3) is 5.00. The molecule has 3 amide bonds. The van der Waals surface area contributed by atoms with Gasteiger partial charge in [-0.05, 0) is 30.2 Å². The molecule has 0 radical (unpaired) electrons. The number of ether oxygens (including phenoxy) is 1. The highest BCUT2D eigenvalue weighted by Gasteiger charge is 2.23. The summed E-state index contributed by atoms with van der Waals surface area (Å²) in [5.74, 6) is 0.637. The van der Waals surface area contributed by atoms with E-state index in [-0.39, 0.29) is 11.9 Å². The Hall–Kier alpha value is -3.02. The number of methoxy groups -OCH3 is 1. The van der Waals surface area contributed by atoms with E-state index in [0.717, 1.165) is 12.0 Å². The Morgan fingerprint density at radius 3 is 2.48 bits per heavy atom. The number of hydrogen-bond acceptors (Lipinski definition) is 3. The average molecular weight is 367 g/mol. The molecular weight excluding hydrogens is 342 g/mol. The maximum Gasteiger partial charge on any atom is 0.317 e.